The molecule has 1 amide bonds. The Morgan fingerprint density at radius 3 is 2.71 bits per heavy atom. The highest BCUT2D eigenvalue weighted by molar-refractivity contribution is 5.86. The number of ether oxygens (including phenoxy) is 1. The van der Waals surface area contributed by atoms with Gasteiger partial charge in [0, 0.05) is 5.92 Å². The van der Waals surface area contributed by atoms with Crippen LogP contribution in [-0.4, -0.2) is 25.0 Å². The third kappa shape index (κ3) is 2.87. The van der Waals surface area contributed by atoms with Gasteiger partial charge in [-0.05, 0) is 19.3 Å². The van der Waals surface area contributed by atoms with Crippen LogP contribution in [0.3, 0.4) is 0 Å². The van der Waals surface area contributed by atoms with Gasteiger partial charge in [0.1, 0.15) is 6.04 Å². The van der Waals surface area contributed by atoms with Crippen LogP contribution in [0.1, 0.15) is 19.3 Å². The molecule has 1 fully saturated rings. The first kappa shape index (κ1) is 10.8. The van der Waals surface area contributed by atoms with Gasteiger partial charge in [0.2, 0.25) is 5.91 Å². The molecule has 0 aromatic rings. The summed E-state index contributed by atoms with van der Waals surface area (Å²) in [5.41, 5.74) is 0. The Morgan fingerprint density at radius 2 is 2.29 bits per heavy atom. The molecule has 1 N–H and O–H groups in total. The van der Waals surface area contributed by atoms with Crippen LogP contribution in [0.25, 0.3) is 0 Å². The van der Waals surface area contributed by atoms with E-state index in [1.165, 1.54) is 7.11 Å². The van der Waals surface area contributed by atoms with E-state index in [4.69, 9.17) is 0 Å². The Kier molecular flexibility index (Phi) is 3.68. The van der Waals surface area contributed by atoms with Crippen LogP contribution in [-0.2, 0) is 14.3 Å². The maximum Gasteiger partial charge on any atom is 0.328 e. The standard InChI is InChI=1S/C10H15NO3/c1-3-4-8(10(13)14-2)11-9(12)7-5-6-7/h3,7-8H,1,4-6H2,2H3,(H,11,12)/t8-/m1/s1. The van der Waals surface area contributed by atoms with E-state index in [0.717, 1.165) is 12.8 Å². The fraction of sp³-hybridized carbons (Fsp3) is 0.600. The van der Waals surface area contributed by atoms with E-state index in [2.05, 4.69) is 16.6 Å². The lowest BCUT2D eigenvalue weighted by molar-refractivity contribution is -0.145. The maximum absolute atomic E-state index is 11.4. The highest BCUT2D eigenvalue weighted by atomic mass is 16.5. The van der Waals surface area contributed by atoms with Gasteiger partial charge in [0.05, 0.1) is 7.11 Å². The number of nitrogens with one attached hydrogen (secondary N) is 1. The maximum atomic E-state index is 11.4. The Hall–Kier alpha value is -1.32. The molecule has 0 saturated heterocycles. The first-order chi connectivity index (χ1) is 6.69. The van der Waals surface area contributed by atoms with E-state index in [9.17, 15) is 9.59 Å². The van der Waals surface area contributed by atoms with Gasteiger partial charge in [-0.3, -0.25) is 4.79 Å². The van der Waals surface area contributed by atoms with Gasteiger partial charge in [0.15, 0.2) is 0 Å². The summed E-state index contributed by atoms with van der Waals surface area (Å²) in [6, 6.07) is -0.578. The zero-order valence-electron chi connectivity index (χ0n) is 8.29. The monoisotopic (exact) mass is 197 g/mol. The first-order valence-electron chi connectivity index (χ1n) is 4.68. The Morgan fingerprint density at radius 1 is 1.64 bits per heavy atom. The van der Waals surface area contributed by atoms with Crippen molar-refractivity contribution in [2.75, 3.05) is 7.11 Å². The molecule has 4 nitrogen and oxygen atoms in total. The summed E-state index contributed by atoms with van der Waals surface area (Å²) in [7, 11) is 1.31. The van der Waals surface area contributed by atoms with E-state index in [1.807, 2.05) is 0 Å². The molecule has 14 heavy (non-hydrogen) atoms. The van der Waals surface area contributed by atoms with Gasteiger partial charge in [-0.15, -0.1) is 6.58 Å². The van der Waals surface area contributed by atoms with Crippen molar-refractivity contribution in [1.82, 2.24) is 5.32 Å². The molecule has 1 aliphatic carbocycles. The van der Waals surface area contributed by atoms with E-state index in [1.54, 1.807) is 6.08 Å². The zero-order valence-corrected chi connectivity index (χ0v) is 8.29. The second-order valence-corrected chi connectivity index (χ2v) is 3.38. The molecule has 0 aliphatic heterocycles. The van der Waals surface area contributed by atoms with Crippen molar-refractivity contribution in [1.29, 1.82) is 0 Å². The summed E-state index contributed by atoms with van der Waals surface area (Å²) in [4.78, 5) is 22.6. The molecule has 78 valence electrons. The second kappa shape index (κ2) is 4.79. The van der Waals surface area contributed by atoms with Gasteiger partial charge in [-0.25, -0.2) is 4.79 Å². The summed E-state index contributed by atoms with van der Waals surface area (Å²) in [5.74, 6) is -0.367. The molecule has 0 bridgehead atoms. The number of amides is 1. The predicted octanol–water partition coefficient (Wildman–Crippen LogP) is 0.630. The highest BCUT2D eigenvalue weighted by Gasteiger charge is 2.32. The van der Waals surface area contributed by atoms with Crippen molar-refractivity contribution in [3.8, 4) is 0 Å². The summed E-state index contributed by atoms with van der Waals surface area (Å²) in [6.07, 6.45) is 3.85. The molecule has 4 heteroatoms. The van der Waals surface area contributed by atoms with Crippen LogP contribution in [0.2, 0.25) is 0 Å². The SMILES string of the molecule is C=CC[C@@H](NC(=O)C1CC1)C(=O)OC. The van der Waals surface area contributed by atoms with E-state index < -0.39 is 12.0 Å². The fourth-order valence-corrected chi connectivity index (χ4v) is 1.16. The molecule has 0 aromatic heterocycles. The quantitative estimate of drug-likeness (QED) is 0.519. The lowest BCUT2D eigenvalue weighted by atomic mass is 10.2. The van der Waals surface area contributed by atoms with Crippen molar-refractivity contribution < 1.29 is 14.3 Å². The van der Waals surface area contributed by atoms with E-state index >= 15 is 0 Å². The Bertz CT molecular complexity index is 246. The zero-order chi connectivity index (χ0) is 10.6. The summed E-state index contributed by atoms with van der Waals surface area (Å²) < 4.78 is 4.56. The van der Waals surface area contributed by atoms with Crippen molar-refractivity contribution >= 4 is 11.9 Å². The number of carbonyl (C=O) groups is 2. The third-order valence-corrected chi connectivity index (χ3v) is 2.15. The van der Waals surface area contributed by atoms with Gasteiger partial charge in [-0.1, -0.05) is 6.08 Å². The van der Waals surface area contributed by atoms with Crippen LogP contribution >= 0.6 is 0 Å². The number of hydrogen-bond acceptors (Lipinski definition) is 3. The van der Waals surface area contributed by atoms with Crippen molar-refractivity contribution in [3.05, 3.63) is 12.7 Å². The summed E-state index contributed by atoms with van der Waals surface area (Å²) in [5, 5.41) is 2.65. The molecule has 0 aromatic carbocycles. The van der Waals surface area contributed by atoms with Crippen LogP contribution < -0.4 is 5.32 Å². The van der Waals surface area contributed by atoms with Crippen molar-refractivity contribution in [3.63, 3.8) is 0 Å². The molecule has 0 spiro atoms. The molecular weight excluding hydrogens is 182 g/mol. The molecule has 1 atom stereocenters. The predicted molar refractivity (Wildman–Crippen MR) is 51.5 cm³/mol. The number of methoxy groups -OCH3 is 1. The molecule has 1 saturated carbocycles. The first-order valence-corrected chi connectivity index (χ1v) is 4.68. The van der Waals surface area contributed by atoms with E-state index in [-0.39, 0.29) is 11.8 Å². The van der Waals surface area contributed by atoms with Crippen LogP contribution in [0, 0.1) is 5.92 Å². The molecular formula is C10H15NO3. The average molecular weight is 197 g/mol. The molecule has 1 aliphatic rings. The van der Waals surface area contributed by atoms with Gasteiger partial charge >= 0.3 is 5.97 Å². The number of rotatable bonds is 5. The van der Waals surface area contributed by atoms with Crippen molar-refractivity contribution in [2.45, 2.75) is 25.3 Å². The average Bonchev–Trinajstić information content (AvgIpc) is 2.99. The molecule has 0 radical (unpaired) electrons. The lowest BCUT2D eigenvalue weighted by Gasteiger charge is -2.14. The van der Waals surface area contributed by atoms with Gasteiger partial charge in [0.25, 0.3) is 0 Å². The smallest absolute Gasteiger partial charge is 0.328 e. The lowest BCUT2D eigenvalue weighted by Crippen LogP contribution is -2.41. The number of esters is 1. The molecule has 0 heterocycles. The van der Waals surface area contributed by atoms with Crippen LogP contribution in [0.5, 0.6) is 0 Å². The summed E-state index contributed by atoms with van der Waals surface area (Å²) >= 11 is 0. The second-order valence-electron chi connectivity index (χ2n) is 3.38. The molecule has 1 rings (SSSR count). The number of hydrogen-bond donors (Lipinski definition) is 1. The number of carbonyl (C=O) groups excluding carboxylic acids is 2. The van der Waals surface area contributed by atoms with Crippen LogP contribution in [0.15, 0.2) is 12.7 Å². The normalized spacial score (nSPS) is 16.9. The molecule has 0 unspecified atom stereocenters. The Labute approximate surface area is 83.3 Å². The van der Waals surface area contributed by atoms with Gasteiger partial charge < -0.3 is 10.1 Å². The topological polar surface area (TPSA) is 55.4 Å². The minimum Gasteiger partial charge on any atom is -0.467 e. The minimum atomic E-state index is -0.578. The Balaban J connectivity index is 2.44. The van der Waals surface area contributed by atoms with E-state index in [0.29, 0.717) is 6.42 Å². The third-order valence-electron chi connectivity index (χ3n) is 2.15. The minimum absolute atomic E-state index is 0.0535. The fourth-order valence-electron chi connectivity index (χ4n) is 1.16. The summed E-state index contributed by atoms with van der Waals surface area (Å²) in [6.45, 7) is 3.53. The van der Waals surface area contributed by atoms with Gasteiger partial charge in [-0.2, -0.15) is 0 Å². The van der Waals surface area contributed by atoms with Crippen LogP contribution in [0.4, 0.5) is 0 Å². The highest BCUT2D eigenvalue weighted by Crippen LogP contribution is 2.28. The van der Waals surface area contributed by atoms with Crippen molar-refractivity contribution in [2.24, 2.45) is 5.92 Å². The largest absolute Gasteiger partial charge is 0.467 e.